The van der Waals surface area contributed by atoms with Gasteiger partial charge in [-0.05, 0) is 6.92 Å². The van der Waals surface area contributed by atoms with Crippen molar-refractivity contribution in [2.24, 2.45) is 0 Å². The fourth-order valence-electron chi connectivity index (χ4n) is 2.50. The predicted molar refractivity (Wildman–Crippen MR) is 72.4 cm³/mol. The first-order chi connectivity index (χ1) is 9.67. The molecule has 0 aromatic heterocycles. The van der Waals surface area contributed by atoms with Crippen molar-refractivity contribution in [2.75, 3.05) is 52.4 Å². The van der Waals surface area contributed by atoms with Crippen LogP contribution >= 0.6 is 0 Å². The lowest BCUT2D eigenvalue weighted by Gasteiger charge is -2.35. The summed E-state index contributed by atoms with van der Waals surface area (Å²) >= 11 is 0. The van der Waals surface area contributed by atoms with Crippen molar-refractivity contribution in [1.29, 1.82) is 0 Å². The van der Waals surface area contributed by atoms with E-state index in [2.05, 4.69) is 15.1 Å². The van der Waals surface area contributed by atoms with E-state index in [1.807, 2.05) is 6.92 Å². The van der Waals surface area contributed by atoms with E-state index in [0.717, 1.165) is 39.3 Å². The largest absolute Gasteiger partial charge is 0.466 e. The Kier molecular flexibility index (Phi) is 5.60. The van der Waals surface area contributed by atoms with Crippen molar-refractivity contribution in [1.82, 2.24) is 15.1 Å². The highest BCUT2D eigenvalue weighted by atomic mass is 16.6. The molecule has 1 N–H and O–H groups in total. The van der Waals surface area contributed by atoms with Crippen molar-refractivity contribution in [3.63, 3.8) is 0 Å². The van der Waals surface area contributed by atoms with Crippen LogP contribution in [0.15, 0.2) is 0 Å². The molecule has 1 atom stereocenters. The average molecular weight is 285 g/mol. The van der Waals surface area contributed by atoms with E-state index in [1.54, 1.807) is 0 Å². The van der Waals surface area contributed by atoms with Crippen LogP contribution in [0.25, 0.3) is 0 Å². The SMILES string of the molecule is CCOC(=O)CCN1CCN(CC2CNC(=O)O2)CC1. The molecule has 1 unspecified atom stereocenters. The Morgan fingerprint density at radius 2 is 2.05 bits per heavy atom. The minimum atomic E-state index is -0.317. The van der Waals surface area contributed by atoms with E-state index in [1.165, 1.54) is 0 Å². The van der Waals surface area contributed by atoms with Crippen LogP contribution in [0.4, 0.5) is 4.79 Å². The maximum absolute atomic E-state index is 11.3. The highest BCUT2D eigenvalue weighted by molar-refractivity contribution is 5.69. The summed E-state index contributed by atoms with van der Waals surface area (Å²) in [4.78, 5) is 26.8. The molecular formula is C13H23N3O4. The molecule has 1 amide bonds. The van der Waals surface area contributed by atoms with Gasteiger partial charge in [-0.25, -0.2) is 4.79 Å². The number of ether oxygens (including phenoxy) is 2. The van der Waals surface area contributed by atoms with Crippen molar-refractivity contribution < 1.29 is 19.1 Å². The molecule has 2 fully saturated rings. The third-order valence-electron chi connectivity index (χ3n) is 3.61. The molecule has 2 heterocycles. The van der Waals surface area contributed by atoms with Crippen LogP contribution in [0.1, 0.15) is 13.3 Å². The van der Waals surface area contributed by atoms with Gasteiger partial charge in [0.2, 0.25) is 0 Å². The fourth-order valence-corrected chi connectivity index (χ4v) is 2.50. The molecule has 20 heavy (non-hydrogen) atoms. The van der Waals surface area contributed by atoms with Crippen LogP contribution in [-0.4, -0.2) is 80.4 Å². The average Bonchev–Trinajstić information content (AvgIpc) is 2.84. The van der Waals surface area contributed by atoms with Gasteiger partial charge in [0.25, 0.3) is 0 Å². The van der Waals surface area contributed by atoms with E-state index >= 15 is 0 Å². The number of piperazine rings is 1. The Hall–Kier alpha value is -1.34. The number of amides is 1. The zero-order valence-electron chi connectivity index (χ0n) is 12.0. The molecule has 0 spiro atoms. The summed E-state index contributed by atoms with van der Waals surface area (Å²) in [6.45, 7) is 8.16. The first kappa shape index (κ1) is 15.1. The Morgan fingerprint density at radius 1 is 1.35 bits per heavy atom. The third-order valence-corrected chi connectivity index (χ3v) is 3.61. The molecule has 0 aliphatic carbocycles. The number of hydrogen-bond donors (Lipinski definition) is 1. The molecule has 114 valence electrons. The lowest BCUT2D eigenvalue weighted by molar-refractivity contribution is -0.143. The fraction of sp³-hybridized carbons (Fsp3) is 0.846. The monoisotopic (exact) mass is 285 g/mol. The van der Waals surface area contributed by atoms with E-state index in [-0.39, 0.29) is 18.2 Å². The van der Waals surface area contributed by atoms with Gasteiger partial charge in [-0.15, -0.1) is 0 Å². The molecular weight excluding hydrogens is 262 g/mol. The Morgan fingerprint density at radius 3 is 2.65 bits per heavy atom. The molecule has 2 saturated heterocycles. The number of carbonyl (C=O) groups is 2. The van der Waals surface area contributed by atoms with Gasteiger partial charge >= 0.3 is 12.1 Å². The summed E-state index contributed by atoms with van der Waals surface area (Å²) in [5, 5.41) is 2.66. The molecule has 0 aromatic rings. The number of nitrogens with zero attached hydrogens (tertiary/aromatic N) is 2. The molecule has 2 aliphatic heterocycles. The minimum Gasteiger partial charge on any atom is -0.466 e. The van der Waals surface area contributed by atoms with Gasteiger partial charge in [0.05, 0.1) is 19.6 Å². The number of cyclic esters (lactones) is 1. The zero-order valence-corrected chi connectivity index (χ0v) is 12.0. The maximum atomic E-state index is 11.3. The molecule has 0 bridgehead atoms. The first-order valence-electron chi connectivity index (χ1n) is 7.22. The highest BCUT2D eigenvalue weighted by Crippen LogP contribution is 2.07. The van der Waals surface area contributed by atoms with Gasteiger partial charge in [-0.1, -0.05) is 0 Å². The molecule has 0 saturated carbocycles. The quantitative estimate of drug-likeness (QED) is 0.674. The number of alkyl carbamates (subject to hydrolysis) is 1. The number of hydrogen-bond acceptors (Lipinski definition) is 6. The third kappa shape index (κ3) is 4.64. The minimum absolute atomic E-state index is 0.0337. The summed E-state index contributed by atoms with van der Waals surface area (Å²) in [5.41, 5.74) is 0. The summed E-state index contributed by atoms with van der Waals surface area (Å²) < 4.78 is 10.1. The van der Waals surface area contributed by atoms with Gasteiger partial charge < -0.3 is 19.7 Å². The van der Waals surface area contributed by atoms with Gasteiger partial charge in [0, 0.05) is 39.3 Å². The molecule has 7 heteroatoms. The van der Waals surface area contributed by atoms with E-state index < -0.39 is 0 Å². The lowest BCUT2D eigenvalue weighted by Crippen LogP contribution is -2.49. The highest BCUT2D eigenvalue weighted by Gasteiger charge is 2.26. The normalized spacial score (nSPS) is 24.2. The Labute approximate surface area is 119 Å². The zero-order chi connectivity index (χ0) is 14.4. The van der Waals surface area contributed by atoms with Gasteiger partial charge in [0.1, 0.15) is 6.10 Å². The maximum Gasteiger partial charge on any atom is 0.407 e. The molecule has 2 aliphatic rings. The van der Waals surface area contributed by atoms with Crippen LogP contribution in [0.5, 0.6) is 0 Å². The second-order valence-corrected chi connectivity index (χ2v) is 5.11. The molecule has 0 radical (unpaired) electrons. The number of nitrogens with one attached hydrogen (secondary N) is 1. The van der Waals surface area contributed by atoms with E-state index in [0.29, 0.717) is 19.6 Å². The second kappa shape index (κ2) is 7.44. The number of esters is 1. The van der Waals surface area contributed by atoms with Crippen molar-refractivity contribution in [3.05, 3.63) is 0 Å². The molecule has 2 rings (SSSR count). The van der Waals surface area contributed by atoms with E-state index in [4.69, 9.17) is 9.47 Å². The van der Waals surface area contributed by atoms with Crippen molar-refractivity contribution in [2.45, 2.75) is 19.4 Å². The standard InChI is InChI=1S/C13H23N3O4/c1-2-19-12(17)3-4-15-5-7-16(8-6-15)10-11-9-14-13(18)20-11/h11H,2-10H2,1H3,(H,14,18). The number of rotatable bonds is 6. The van der Waals surface area contributed by atoms with Gasteiger partial charge in [-0.2, -0.15) is 0 Å². The molecule has 0 aromatic carbocycles. The first-order valence-corrected chi connectivity index (χ1v) is 7.22. The predicted octanol–water partition coefficient (Wildman–Crippen LogP) is -0.334. The van der Waals surface area contributed by atoms with Crippen LogP contribution in [0, 0.1) is 0 Å². The Bertz CT molecular complexity index is 343. The second-order valence-electron chi connectivity index (χ2n) is 5.11. The van der Waals surface area contributed by atoms with Crippen LogP contribution < -0.4 is 5.32 Å². The van der Waals surface area contributed by atoms with Gasteiger partial charge in [0.15, 0.2) is 0 Å². The van der Waals surface area contributed by atoms with Crippen LogP contribution in [0.3, 0.4) is 0 Å². The van der Waals surface area contributed by atoms with E-state index in [9.17, 15) is 9.59 Å². The Balaban J connectivity index is 1.60. The topological polar surface area (TPSA) is 71.1 Å². The summed E-state index contributed by atoms with van der Waals surface area (Å²) in [6.07, 6.45) is 0.106. The molecule has 7 nitrogen and oxygen atoms in total. The van der Waals surface area contributed by atoms with Crippen molar-refractivity contribution in [3.8, 4) is 0 Å². The van der Waals surface area contributed by atoms with Crippen LogP contribution in [-0.2, 0) is 14.3 Å². The summed E-state index contributed by atoms with van der Waals surface area (Å²) in [7, 11) is 0. The van der Waals surface area contributed by atoms with Gasteiger partial charge in [-0.3, -0.25) is 9.69 Å². The summed E-state index contributed by atoms with van der Waals surface area (Å²) in [5.74, 6) is -0.126. The van der Waals surface area contributed by atoms with Crippen molar-refractivity contribution >= 4 is 12.1 Å². The smallest absolute Gasteiger partial charge is 0.407 e. The lowest BCUT2D eigenvalue weighted by atomic mass is 10.2. The summed E-state index contributed by atoms with van der Waals surface area (Å²) in [6, 6.07) is 0. The van der Waals surface area contributed by atoms with Crippen LogP contribution in [0.2, 0.25) is 0 Å². The number of carbonyl (C=O) groups excluding carboxylic acids is 2.